The molecule has 6 heteroatoms. The summed E-state index contributed by atoms with van der Waals surface area (Å²) in [4.78, 5) is 22.3. The third kappa shape index (κ3) is 4.49. The van der Waals surface area contributed by atoms with Gasteiger partial charge in [0.2, 0.25) is 5.91 Å². The van der Waals surface area contributed by atoms with Crippen LogP contribution in [0.1, 0.15) is 29.5 Å². The van der Waals surface area contributed by atoms with Gasteiger partial charge in [0.15, 0.2) is 0 Å². The van der Waals surface area contributed by atoms with Crippen molar-refractivity contribution in [2.75, 3.05) is 0 Å². The standard InChI is InChI=1S/C21H21ClN2O3/c22-21-17(12-19(23)25)16-11-14(7-4-8-20(26)27)9-10-18(16)24(21)13-15-5-2-1-3-6-15/h1-3,5-6,9-11H,4,7-8,12-13H2,(H2,23,25)(H,26,27). The molecule has 140 valence electrons. The summed E-state index contributed by atoms with van der Waals surface area (Å²) in [5, 5.41) is 10.2. The molecule has 0 aliphatic rings. The smallest absolute Gasteiger partial charge is 0.303 e. The van der Waals surface area contributed by atoms with Crippen LogP contribution in [0, 0.1) is 0 Å². The lowest BCUT2D eigenvalue weighted by Gasteiger charge is -2.08. The molecule has 1 amide bonds. The molecule has 5 nitrogen and oxygen atoms in total. The van der Waals surface area contributed by atoms with E-state index in [1.54, 1.807) is 0 Å². The summed E-state index contributed by atoms with van der Waals surface area (Å²) in [6.07, 6.45) is 1.40. The molecule has 0 saturated carbocycles. The van der Waals surface area contributed by atoms with Gasteiger partial charge < -0.3 is 15.4 Å². The zero-order valence-electron chi connectivity index (χ0n) is 14.8. The van der Waals surface area contributed by atoms with Gasteiger partial charge in [0, 0.05) is 29.4 Å². The average molecular weight is 385 g/mol. The molecule has 3 N–H and O–H groups in total. The summed E-state index contributed by atoms with van der Waals surface area (Å²) in [7, 11) is 0. The zero-order valence-corrected chi connectivity index (χ0v) is 15.6. The van der Waals surface area contributed by atoms with E-state index in [2.05, 4.69) is 0 Å². The van der Waals surface area contributed by atoms with Crippen molar-refractivity contribution in [3.63, 3.8) is 0 Å². The van der Waals surface area contributed by atoms with Gasteiger partial charge in [-0.2, -0.15) is 0 Å². The maximum atomic E-state index is 11.6. The number of carboxylic acids is 1. The number of carbonyl (C=O) groups is 2. The minimum absolute atomic E-state index is 0.0652. The van der Waals surface area contributed by atoms with Gasteiger partial charge in [-0.3, -0.25) is 9.59 Å². The maximum absolute atomic E-state index is 11.6. The van der Waals surface area contributed by atoms with E-state index >= 15 is 0 Å². The van der Waals surface area contributed by atoms with Crippen LogP contribution >= 0.6 is 11.6 Å². The highest BCUT2D eigenvalue weighted by Crippen LogP contribution is 2.32. The minimum Gasteiger partial charge on any atom is -0.481 e. The van der Waals surface area contributed by atoms with E-state index in [0.717, 1.165) is 27.6 Å². The van der Waals surface area contributed by atoms with Crippen molar-refractivity contribution in [3.05, 3.63) is 70.4 Å². The highest BCUT2D eigenvalue weighted by Gasteiger charge is 2.18. The van der Waals surface area contributed by atoms with Crippen LogP contribution in [0.2, 0.25) is 5.15 Å². The molecule has 2 aromatic carbocycles. The Kier molecular flexibility index (Phi) is 5.81. The number of aromatic nitrogens is 1. The Morgan fingerprint density at radius 3 is 2.48 bits per heavy atom. The predicted molar refractivity (Wildman–Crippen MR) is 106 cm³/mol. The molecule has 0 unspecified atom stereocenters. The fourth-order valence-electron chi connectivity index (χ4n) is 3.30. The first-order valence-electron chi connectivity index (χ1n) is 8.79. The van der Waals surface area contributed by atoms with Gasteiger partial charge in [0.05, 0.1) is 6.42 Å². The van der Waals surface area contributed by atoms with E-state index in [0.29, 0.717) is 24.5 Å². The summed E-state index contributed by atoms with van der Waals surface area (Å²) in [5.41, 5.74) is 9.20. The van der Waals surface area contributed by atoms with Crippen LogP contribution in [-0.2, 0) is 29.0 Å². The molecule has 0 saturated heterocycles. The third-order valence-corrected chi connectivity index (χ3v) is 4.99. The van der Waals surface area contributed by atoms with Crippen LogP contribution in [-0.4, -0.2) is 21.6 Å². The summed E-state index contributed by atoms with van der Waals surface area (Å²) < 4.78 is 1.98. The first-order valence-corrected chi connectivity index (χ1v) is 9.17. The van der Waals surface area contributed by atoms with Gasteiger partial charge in [-0.1, -0.05) is 48.0 Å². The van der Waals surface area contributed by atoms with Gasteiger partial charge in [-0.05, 0) is 36.1 Å². The molecular weight excluding hydrogens is 364 g/mol. The number of fused-ring (bicyclic) bond motifs is 1. The average Bonchev–Trinajstić information content (AvgIpc) is 2.87. The number of carbonyl (C=O) groups excluding carboxylic acids is 1. The van der Waals surface area contributed by atoms with Gasteiger partial charge in [0.25, 0.3) is 0 Å². The number of nitrogens with two attached hydrogens (primary N) is 1. The quantitative estimate of drug-likeness (QED) is 0.619. The normalized spacial score (nSPS) is 11.0. The molecular formula is C21H21ClN2O3. The number of hydrogen-bond acceptors (Lipinski definition) is 2. The number of benzene rings is 2. The summed E-state index contributed by atoms with van der Waals surface area (Å²) in [6, 6.07) is 15.9. The Balaban J connectivity index is 2.01. The third-order valence-electron chi connectivity index (χ3n) is 4.55. The molecule has 3 aromatic rings. The second kappa shape index (κ2) is 8.27. The number of nitrogens with zero attached hydrogens (tertiary/aromatic N) is 1. The van der Waals surface area contributed by atoms with Crippen LogP contribution in [0.15, 0.2) is 48.5 Å². The number of amides is 1. The molecule has 0 spiro atoms. The largest absolute Gasteiger partial charge is 0.481 e. The molecule has 0 atom stereocenters. The molecule has 0 aliphatic heterocycles. The maximum Gasteiger partial charge on any atom is 0.303 e. The van der Waals surface area contributed by atoms with E-state index in [9.17, 15) is 9.59 Å². The number of halogens is 1. The van der Waals surface area contributed by atoms with E-state index < -0.39 is 11.9 Å². The van der Waals surface area contributed by atoms with Crippen molar-refractivity contribution in [2.24, 2.45) is 5.73 Å². The van der Waals surface area contributed by atoms with Gasteiger partial charge in [-0.25, -0.2) is 0 Å². The van der Waals surface area contributed by atoms with Crippen LogP contribution in [0.25, 0.3) is 10.9 Å². The SMILES string of the molecule is NC(=O)Cc1c(Cl)n(Cc2ccccc2)c2ccc(CCCC(=O)O)cc12. The molecule has 0 aliphatic carbocycles. The van der Waals surface area contributed by atoms with Crippen molar-refractivity contribution in [3.8, 4) is 0 Å². The molecule has 3 rings (SSSR count). The lowest BCUT2D eigenvalue weighted by molar-refractivity contribution is -0.137. The van der Waals surface area contributed by atoms with Crippen molar-refractivity contribution in [2.45, 2.75) is 32.2 Å². The Bertz CT molecular complexity index is 980. The van der Waals surface area contributed by atoms with Gasteiger partial charge in [0.1, 0.15) is 5.15 Å². The minimum atomic E-state index is -0.803. The van der Waals surface area contributed by atoms with Gasteiger partial charge in [-0.15, -0.1) is 0 Å². The van der Waals surface area contributed by atoms with E-state index in [4.69, 9.17) is 22.4 Å². The highest BCUT2D eigenvalue weighted by atomic mass is 35.5. The Labute approximate surface area is 162 Å². The fraction of sp³-hybridized carbons (Fsp3) is 0.238. The topological polar surface area (TPSA) is 85.3 Å². The second-order valence-corrected chi connectivity index (χ2v) is 6.94. The number of carboxylic acid groups (broad SMARTS) is 1. The Morgan fingerprint density at radius 1 is 1.07 bits per heavy atom. The van der Waals surface area contributed by atoms with Crippen molar-refractivity contribution in [1.29, 1.82) is 0 Å². The number of hydrogen-bond donors (Lipinski definition) is 2. The molecule has 1 aromatic heterocycles. The summed E-state index contributed by atoms with van der Waals surface area (Å²) in [6.45, 7) is 0.591. The highest BCUT2D eigenvalue weighted by molar-refractivity contribution is 6.32. The number of rotatable bonds is 8. The van der Waals surface area contributed by atoms with Crippen molar-refractivity contribution >= 4 is 34.4 Å². The Hall–Kier alpha value is -2.79. The van der Waals surface area contributed by atoms with E-state index in [1.165, 1.54) is 0 Å². The van der Waals surface area contributed by atoms with Crippen molar-refractivity contribution in [1.82, 2.24) is 4.57 Å². The van der Waals surface area contributed by atoms with E-state index in [1.807, 2.05) is 53.1 Å². The van der Waals surface area contributed by atoms with Crippen LogP contribution in [0.3, 0.4) is 0 Å². The predicted octanol–water partition coefficient (Wildman–Crippen LogP) is 3.78. The van der Waals surface area contributed by atoms with Crippen LogP contribution in [0.5, 0.6) is 0 Å². The van der Waals surface area contributed by atoms with Crippen LogP contribution < -0.4 is 5.73 Å². The molecule has 1 heterocycles. The van der Waals surface area contributed by atoms with Gasteiger partial charge >= 0.3 is 5.97 Å². The molecule has 0 bridgehead atoms. The summed E-state index contributed by atoms with van der Waals surface area (Å²) in [5.74, 6) is -1.24. The summed E-state index contributed by atoms with van der Waals surface area (Å²) >= 11 is 6.62. The molecule has 0 fully saturated rings. The first-order chi connectivity index (χ1) is 13.0. The van der Waals surface area contributed by atoms with Crippen LogP contribution in [0.4, 0.5) is 0 Å². The lowest BCUT2D eigenvalue weighted by atomic mass is 10.0. The lowest BCUT2D eigenvalue weighted by Crippen LogP contribution is -2.13. The second-order valence-electron chi connectivity index (χ2n) is 6.58. The molecule has 27 heavy (non-hydrogen) atoms. The number of aryl methyl sites for hydroxylation is 1. The first kappa shape index (κ1) is 19.0. The van der Waals surface area contributed by atoms with Crippen molar-refractivity contribution < 1.29 is 14.7 Å². The molecule has 0 radical (unpaired) electrons. The number of primary amides is 1. The van der Waals surface area contributed by atoms with E-state index in [-0.39, 0.29) is 12.8 Å². The Morgan fingerprint density at radius 2 is 1.81 bits per heavy atom. The zero-order chi connectivity index (χ0) is 19.4. The monoisotopic (exact) mass is 384 g/mol. The fourth-order valence-corrected chi connectivity index (χ4v) is 3.62. The number of aliphatic carboxylic acids is 1.